The number of benzene rings is 1. The van der Waals surface area contributed by atoms with E-state index in [1.165, 1.54) is 12.1 Å². The molecule has 0 saturated carbocycles. The third-order valence-corrected chi connectivity index (χ3v) is 2.50. The van der Waals surface area contributed by atoms with Gasteiger partial charge in [0.2, 0.25) is 0 Å². The minimum atomic E-state index is -0.709. The zero-order chi connectivity index (χ0) is 14.3. The third kappa shape index (κ3) is 4.51. The summed E-state index contributed by atoms with van der Waals surface area (Å²) in [5.41, 5.74) is 0.114. The number of hydrogen-bond donors (Lipinski definition) is 0. The Kier molecular flexibility index (Phi) is 5.68. The van der Waals surface area contributed by atoms with Crippen LogP contribution in [0.2, 0.25) is 0 Å². The minimum Gasteiger partial charge on any atom is -0.466 e. The molecule has 0 aliphatic rings. The van der Waals surface area contributed by atoms with Crippen LogP contribution in [0.25, 0.3) is 0 Å². The van der Waals surface area contributed by atoms with Crippen molar-refractivity contribution in [2.75, 3.05) is 6.61 Å². The van der Waals surface area contributed by atoms with Crippen molar-refractivity contribution in [1.29, 1.82) is 5.26 Å². The molecule has 0 aliphatic carbocycles. The number of Topliss-reactive ketones (excluding diaryl/α,β-unsaturated/α-hetero) is 1. The normalized spacial score (nSPS) is 9.74. The van der Waals surface area contributed by atoms with Gasteiger partial charge in [0.15, 0.2) is 5.78 Å². The predicted octanol–water partition coefficient (Wildman–Crippen LogP) is 2.61. The molecule has 0 spiro atoms. The van der Waals surface area contributed by atoms with Crippen LogP contribution in [-0.4, -0.2) is 18.4 Å². The first-order valence-corrected chi connectivity index (χ1v) is 5.97. The summed E-state index contributed by atoms with van der Waals surface area (Å²) in [6.45, 7) is 2.02. The van der Waals surface area contributed by atoms with Crippen molar-refractivity contribution in [1.82, 2.24) is 0 Å². The summed E-state index contributed by atoms with van der Waals surface area (Å²) in [7, 11) is 0. The standard InChI is InChI=1S/C14H14FNO3/c1-2-19-14(18)5-3-4-13(17)10-6-7-11(9-16)12(15)8-10/h6-8H,2-5H2,1H3. The summed E-state index contributed by atoms with van der Waals surface area (Å²) in [5.74, 6) is -1.31. The number of halogens is 1. The summed E-state index contributed by atoms with van der Waals surface area (Å²) >= 11 is 0. The van der Waals surface area contributed by atoms with Crippen LogP contribution in [0.5, 0.6) is 0 Å². The molecule has 0 radical (unpaired) electrons. The molecular weight excluding hydrogens is 249 g/mol. The van der Waals surface area contributed by atoms with E-state index in [0.29, 0.717) is 13.0 Å². The fraction of sp³-hybridized carbons (Fsp3) is 0.357. The van der Waals surface area contributed by atoms with Gasteiger partial charge in [-0.05, 0) is 31.5 Å². The smallest absolute Gasteiger partial charge is 0.305 e. The van der Waals surface area contributed by atoms with E-state index in [1.807, 2.05) is 0 Å². The van der Waals surface area contributed by atoms with Gasteiger partial charge in [-0.3, -0.25) is 9.59 Å². The lowest BCUT2D eigenvalue weighted by Crippen LogP contribution is -2.06. The fourth-order valence-electron chi connectivity index (χ4n) is 1.55. The first-order valence-electron chi connectivity index (χ1n) is 5.97. The Morgan fingerprint density at radius 1 is 1.37 bits per heavy atom. The van der Waals surface area contributed by atoms with Gasteiger partial charge in [-0.2, -0.15) is 5.26 Å². The fourth-order valence-corrected chi connectivity index (χ4v) is 1.55. The number of carbonyl (C=O) groups excluding carboxylic acids is 2. The van der Waals surface area contributed by atoms with Crippen molar-refractivity contribution in [2.24, 2.45) is 0 Å². The zero-order valence-corrected chi connectivity index (χ0v) is 10.6. The summed E-state index contributed by atoms with van der Waals surface area (Å²) in [6, 6.07) is 5.42. The van der Waals surface area contributed by atoms with E-state index in [0.717, 1.165) is 6.07 Å². The maximum atomic E-state index is 13.3. The van der Waals surface area contributed by atoms with Crippen LogP contribution in [0, 0.1) is 17.1 Å². The number of hydrogen-bond acceptors (Lipinski definition) is 4. The van der Waals surface area contributed by atoms with E-state index < -0.39 is 5.82 Å². The Labute approximate surface area is 110 Å². The molecule has 0 bridgehead atoms. The molecule has 0 amide bonds. The minimum absolute atomic E-state index is 0.0944. The van der Waals surface area contributed by atoms with E-state index in [-0.39, 0.29) is 35.7 Å². The molecular formula is C14H14FNO3. The number of nitrogens with zero attached hydrogens (tertiary/aromatic N) is 1. The number of nitriles is 1. The SMILES string of the molecule is CCOC(=O)CCCC(=O)c1ccc(C#N)c(F)c1. The largest absolute Gasteiger partial charge is 0.466 e. The highest BCUT2D eigenvalue weighted by atomic mass is 19.1. The lowest BCUT2D eigenvalue weighted by atomic mass is 10.0. The number of esters is 1. The molecule has 1 aromatic rings. The van der Waals surface area contributed by atoms with Crippen molar-refractivity contribution in [3.8, 4) is 6.07 Å². The average molecular weight is 263 g/mol. The Bertz CT molecular complexity index is 520. The van der Waals surface area contributed by atoms with Crippen LogP contribution in [0.1, 0.15) is 42.1 Å². The van der Waals surface area contributed by atoms with Gasteiger partial charge in [0.1, 0.15) is 11.9 Å². The molecule has 0 aromatic heterocycles. The topological polar surface area (TPSA) is 67.2 Å². The molecule has 0 fully saturated rings. The van der Waals surface area contributed by atoms with Crippen LogP contribution in [0.15, 0.2) is 18.2 Å². The Hall–Kier alpha value is -2.22. The molecule has 1 rings (SSSR count). The lowest BCUT2D eigenvalue weighted by Gasteiger charge is -2.03. The number of carbonyl (C=O) groups is 2. The molecule has 0 saturated heterocycles. The van der Waals surface area contributed by atoms with Crippen LogP contribution >= 0.6 is 0 Å². The third-order valence-electron chi connectivity index (χ3n) is 2.50. The second-order valence-electron chi connectivity index (χ2n) is 3.89. The van der Waals surface area contributed by atoms with Crippen LogP contribution in [0.4, 0.5) is 4.39 Å². The van der Waals surface area contributed by atoms with Crippen molar-refractivity contribution in [3.63, 3.8) is 0 Å². The Balaban J connectivity index is 2.53. The quantitative estimate of drug-likeness (QED) is 0.584. The van der Waals surface area contributed by atoms with Gasteiger partial charge in [0, 0.05) is 18.4 Å². The highest BCUT2D eigenvalue weighted by Crippen LogP contribution is 2.12. The van der Waals surface area contributed by atoms with Gasteiger partial charge in [-0.1, -0.05) is 0 Å². The van der Waals surface area contributed by atoms with Gasteiger partial charge in [-0.15, -0.1) is 0 Å². The van der Waals surface area contributed by atoms with Gasteiger partial charge < -0.3 is 4.74 Å². The van der Waals surface area contributed by atoms with Crippen molar-refractivity contribution >= 4 is 11.8 Å². The van der Waals surface area contributed by atoms with Crippen molar-refractivity contribution < 1.29 is 18.7 Å². The molecule has 0 aliphatic heterocycles. The molecule has 1 aromatic carbocycles. The predicted molar refractivity (Wildman–Crippen MR) is 65.9 cm³/mol. The highest BCUT2D eigenvalue weighted by molar-refractivity contribution is 5.96. The molecule has 5 heteroatoms. The highest BCUT2D eigenvalue weighted by Gasteiger charge is 2.10. The molecule has 19 heavy (non-hydrogen) atoms. The average Bonchev–Trinajstić information content (AvgIpc) is 2.38. The maximum Gasteiger partial charge on any atom is 0.305 e. The van der Waals surface area contributed by atoms with Gasteiger partial charge >= 0.3 is 5.97 Å². The Morgan fingerprint density at radius 3 is 2.68 bits per heavy atom. The second kappa shape index (κ2) is 7.27. The van der Waals surface area contributed by atoms with E-state index in [9.17, 15) is 14.0 Å². The van der Waals surface area contributed by atoms with Gasteiger partial charge in [0.05, 0.1) is 12.2 Å². The summed E-state index contributed by atoms with van der Waals surface area (Å²) in [6.07, 6.45) is 0.668. The van der Waals surface area contributed by atoms with Gasteiger partial charge in [0.25, 0.3) is 0 Å². The molecule has 0 atom stereocenters. The van der Waals surface area contributed by atoms with E-state index >= 15 is 0 Å². The molecule has 100 valence electrons. The maximum absolute atomic E-state index is 13.3. The van der Waals surface area contributed by atoms with Crippen LogP contribution in [0.3, 0.4) is 0 Å². The van der Waals surface area contributed by atoms with Crippen molar-refractivity contribution in [2.45, 2.75) is 26.2 Å². The van der Waals surface area contributed by atoms with Crippen LogP contribution in [-0.2, 0) is 9.53 Å². The first kappa shape index (κ1) is 14.8. The summed E-state index contributed by atoms with van der Waals surface area (Å²) < 4.78 is 18.0. The Morgan fingerprint density at radius 2 is 2.11 bits per heavy atom. The van der Waals surface area contributed by atoms with E-state index in [1.54, 1.807) is 13.0 Å². The van der Waals surface area contributed by atoms with E-state index in [2.05, 4.69) is 0 Å². The molecule has 0 heterocycles. The second-order valence-corrected chi connectivity index (χ2v) is 3.89. The summed E-state index contributed by atoms with van der Waals surface area (Å²) in [5, 5.41) is 8.57. The first-order chi connectivity index (χ1) is 9.08. The van der Waals surface area contributed by atoms with E-state index in [4.69, 9.17) is 10.00 Å². The van der Waals surface area contributed by atoms with Crippen molar-refractivity contribution in [3.05, 3.63) is 35.1 Å². The number of rotatable bonds is 6. The lowest BCUT2D eigenvalue weighted by molar-refractivity contribution is -0.143. The van der Waals surface area contributed by atoms with Gasteiger partial charge in [-0.25, -0.2) is 4.39 Å². The zero-order valence-electron chi connectivity index (χ0n) is 10.6. The summed E-state index contributed by atoms with van der Waals surface area (Å²) in [4.78, 5) is 22.8. The molecule has 0 unspecified atom stereocenters. The number of ketones is 1. The monoisotopic (exact) mass is 263 g/mol. The van der Waals surface area contributed by atoms with Crippen LogP contribution < -0.4 is 0 Å². The number of ether oxygens (including phenoxy) is 1. The molecule has 0 N–H and O–H groups in total. The molecule has 4 nitrogen and oxygen atoms in total.